The van der Waals surface area contributed by atoms with Crippen LogP contribution in [-0.2, 0) is 19.9 Å². The van der Waals surface area contributed by atoms with Crippen molar-refractivity contribution in [2.24, 2.45) is 0 Å². The average molecular weight is 291 g/mol. The number of rotatable bonds is 5. The summed E-state index contributed by atoms with van der Waals surface area (Å²) in [6.45, 7) is 2.32. The fraction of sp³-hybridized carbons (Fsp3) is 0.500. The van der Waals surface area contributed by atoms with Crippen molar-refractivity contribution in [3.05, 3.63) is 35.9 Å². The van der Waals surface area contributed by atoms with E-state index in [-0.39, 0.29) is 18.4 Å². The van der Waals surface area contributed by atoms with E-state index in [2.05, 4.69) is 0 Å². The number of carboxylic acid groups (broad SMARTS) is 1. The van der Waals surface area contributed by atoms with Crippen LogP contribution in [0.2, 0.25) is 0 Å². The van der Waals surface area contributed by atoms with Crippen LogP contribution < -0.4 is 0 Å². The Labute approximate surface area is 124 Å². The Morgan fingerprint density at radius 2 is 2.05 bits per heavy atom. The van der Waals surface area contributed by atoms with Gasteiger partial charge in [-0.25, -0.2) is 0 Å². The maximum Gasteiger partial charge on any atom is 0.305 e. The van der Waals surface area contributed by atoms with E-state index >= 15 is 0 Å². The van der Waals surface area contributed by atoms with Gasteiger partial charge in [-0.3, -0.25) is 9.59 Å². The van der Waals surface area contributed by atoms with Crippen molar-refractivity contribution in [1.82, 2.24) is 4.90 Å². The smallest absolute Gasteiger partial charge is 0.305 e. The highest BCUT2D eigenvalue weighted by Gasteiger charge is 2.42. The molecule has 0 saturated carbocycles. The second kappa shape index (κ2) is 6.26. The zero-order chi connectivity index (χ0) is 15.5. The van der Waals surface area contributed by atoms with E-state index in [9.17, 15) is 9.59 Å². The summed E-state index contributed by atoms with van der Waals surface area (Å²) in [5.41, 5.74) is -0.305. The highest BCUT2D eigenvalue weighted by atomic mass is 16.5. The first kappa shape index (κ1) is 15.5. The lowest BCUT2D eigenvalue weighted by Gasteiger charge is -2.34. The minimum Gasteiger partial charge on any atom is -0.481 e. The molecule has 0 radical (unpaired) electrons. The molecule has 2 rings (SSSR count). The van der Waals surface area contributed by atoms with Gasteiger partial charge in [0.2, 0.25) is 0 Å². The van der Waals surface area contributed by atoms with E-state index in [0.717, 1.165) is 18.4 Å². The van der Waals surface area contributed by atoms with Crippen LogP contribution in [0.5, 0.6) is 0 Å². The normalized spacial score (nSPS) is 21.0. The molecule has 2 atom stereocenters. The molecule has 1 heterocycles. The van der Waals surface area contributed by atoms with Crippen molar-refractivity contribution >= 4 is 11.9 Å². The fourth-order valence-electron chi connectivity index (χ4n) is 2.88. The number of nitrogens with zero attached hydrogens (tertiary/aromatic N) is 1. The molecule has 21 heavy (non-hydrogen) atoms. The molecule has 1 fully saturated rings. The van der Waals surface area contributed by atoms with Gasteiger partial charge in [-0.1, -0.05) is 30.3 Å². The molecule has 5 heteroatoms. The molecule has 1 amide bonds. The Hall–Kier alpha value is -1.88. The van der Waals surface area contributed by atoms with Crippen molar-refractivity contribution in [2.75, 3.05) is 13.7 Å². The number of carbonyl (C=O) groups is 2. The lowest BCUT2D eigenvalue weighted by molar-refractivity contribution is -0.156. The third-order valence-corrected chi connectivity index (χ3v) is 4.19. The summed E-state index contributed by atoms with van der Waals surface area (Å²) < 4.78 is 5.51. The van der Waals surface area contributed by atoms with E-state index in [1.54, 1.807) is 11.8 Å². The summed E-state index contributed by atoms with van der Waals surface area (Å²) in [6, 6.07) is 9.06. The van der Waals surface area contributed by atoms with Gasteiger partial charge in [0, 0.05) is 19.7 Å². The van der Waals surface area contributed by atoms with Crippen molar-refractivity contribution in [3.8, 4) is 0 Å². The first-order valence-corrected chi connectivity index (χ1v) is 7.12. The van der Waals surface area contributed by atoms with Crippen LogP contribution >= 0.6 is 0 Å². The number of carbonyl (C=O) groups excluding carboxylic acids is 1. The minimum atomic E-state index is -1.08. The molecule has 114 valence electrons. The average Bonchev–Trinajstić information content (AvgIpc) is 2.93. The van der Waals surface area contributed by atoms with E-state index < -0.39 is 11.6 Å². The molecule has 0 aromatic heterocycles. The zero-order valence-corrected chi connectivity index (χ0v) is 12.4. The van der Waals surface area contributed by atoms with Crippen LogP contribution in [0.15, 0.2) is 30.3 Å². The third kappa shape index (κ3) is 3.08. The summed E-state index contributed by atoms with van der Waals surface area (Å²) in [4.78, 5) is 25.5. The predicted molar refractivity (Wildman–Crippen MR) is 77.8 cm³/mol. The van der Waals surface area contributed by atoms with Crippen molar-refractivity contribution in [3.63, 3.8) is 0 Å². The molecular formula is C16H21NO4. The summed E-state index contributed by atoms with van der Waals surface area (Å²) >= 11 is 0. The second-order valence-corrected chi connectivity index (χ2v) is 5.50. The van der Waals surface area contributed by atoms with Crippen LogP contribution in [0.1, 0.15) is 31.7 Å². The SMILES string of the molecule is COC(C)(C(=O)N1CCCC1CC(=O)O)c1ccccc1. The molecule has 1 aromatic carbocycles. The summed E-state index contributed by atoms with van der Waals surface area (Å²) in [7, 11) is 1.51. The Morgan fingerprint density at radius 3 is 2.62 bits per heavy atom. The standard InChI is InChI=1S/C16H21NO4/c1-16(21-2,12-7-4-3-5-8-12)15(20)17-10-6-9-13(17)11-14(18)19/h3-5,7-8,13H,6,9-11H2,1-2H3,(H,18,19). The molecule has 0 bridgehead atoms. The Kier molecular flexibility index (Phi) is 4.63. The molecule has 0 spiro atoms. The molecular weight excluding hydrogens is 270 g/mol. The van der Waals surface area contributed by atoms with E-state index in [1.165, 1.54) is 7.11 Å². The van der Waals surface area contributed by atoms with Crippen LogP contribution in [0, 0.1) is 0 Å². The Balaban J connectivity index is 2.25. The van der Waals surface area contributed by atoms with Gasteiger partial charge in [-0.05, 0) is 25.3 Å². The van der Waals surface area contributed by atoms with Gasteiger partial charge in [0.1, 0.15) is 0 Å². The molecule has 1 aliphatic rings. The number of benzene rings is 1. The van der Waals surface area contributed by atoms with Gasteiger partial charge in [-0.2, -0.15) is 0 Å². The molecule has 2 unspecified atom stereocenters. The highest BCUT2D eigenvalue weighted by molar-refractivity contribution is 5.87. The summed E-state index contributed by atoms with van der Waals surface area (Å²) in [5, 5.41) is 8.98. The van der Waals surface area contributed by atoms with Crippen LogP contribution in [0.4, 0.5) is 0 Å². The zero-order valence-electron chi connectivity index (χ0n) is 12.4. The Bertz CT molecular complexity index is 516. The molecule has 0 aliphatic carbocycles. The van der Waals surface area contributed by atoms with Crippen molar-refractivity contribution < 1.29 is 19.4 Å². The number of hydrogen-bond donors (Lipinski definition) is 1. The minimum absolute atomic E-state index is 0.0136. The lowest BCUT2D eigenvalue weighted by Crippen LogP contribution is -2.48. The lowest BCUT2D eigenvalue weighted by atomic mass is 9.93. The summed E-state index contributed by atoms with van der Waals surface area (Å²) in [6.07, 6.45) is 1.55. The number of amides is 1. The fourth-order valence-corrected chi connectivity index (χ4v) is 2.88. The molecule has 1 saturated heterocycles. The van der Waals surface area contributed by atoms with E-state index in [0.29, 0.717) is 6.54 Å². The number of aliphatic carboxylic acids is 1. The van der Waals surface area contributed by atoms with Crippen molar-refractivity contribution in [2.45, 2.75) is 37.8 Å². The maximum absolute atomic E-state index is 12.9. The third-order valence-electron chi connectivity index (χ3n) is 4.19. The van der Waals surface area contributed by atoms with Crippen LogP contribution in [0.25, 0.3) is 0 Å². The van der Waals surface area contributed by atoms with Crippen LogP contribution in [-0.4, -0.2) is 41.6 Å². The number of carboxylic acids is 1. The van der Waals surface area contributed by atoms with Gasteiger partial charge in [0.25, 0.3) is 5.91 Å². The molecule has 1 N–H and O–H groups in total. The molecule has 5 nitrogen and oxygen atoms in total. The van der Waals surface area contributed by atoms with Gasteiger partial charge >= 0.3 is 5.97 Å². The maximum atomic E-state index is 12.9. The first-order chi connectivity index (χ1) is 9.99. The number of methoxy groups -OCH3 is 1. The second-order valence-electron chi connectivity index (χ2n) is 5.50. The van der Waals surface area contributed by atoms with Gasteiger partial charge in [-0.15, -0.1) is 0 Å². The van der Waals surface area contributed by atoms with Gasteiger partial charge in [0.15, 0.2) is 5.60 Å². The first-order valence-electron chi connectivity index (χ1n) is 7.12. The number of likely N-dealkylation sites (tertiary alicyclic amines) is 1. The van der Waals surface area contributed by atoms with E-state index in [1.807, 2.05) is 30.3 Å². The topological polar surface area (TPSA) is 66.8 Å². The largest absolute Gasteiger partial charge is 0.481 e. The number of hydrogen-bond acceptors (Lipinski definition) is 3. The predicted octanol–water partition coefficient (Wildman–Crippen LogP) is 2.01. The summed E-state index contributed by atoms with van der Waals surface area (Å²) in [5.74, 6) is -1.04. The Morgan fingerprint density at radius 1 is 1.38 bits per heavy atom. The van der Waals surface area contributed by atoms with Crippen LogP contribution in [0.3, 0.4) is 0 Å². The molecule has 1 aliphatic heterocycles. The highest BCUT2D eigenvalue weighted by Crippen LogP contribution is 2.31. The van der Waals surface area contributed by atoms with Crippen molar-refractivity contribution in [1.29, 1.82) is 0 Å². The quantitative estimate of drug-likeness (QED) is 0.901. The molecule has 1 aromatic rings. The monoisotopic (exact) mass is 291 g/mol. The van der Waals surface area contributed by atoms with Gasteiger partial charge in [0.05, 0.1) is 6.42 Å². The number of ether oxygens (including phenoxy) is 1. The van der Waals surface area contributed by atoms with Gasteiger partial charge < -0.3 is 14.7 Å². The van der Waals surface area contributed by atoms with E-state index in [4.69, 9.17) is 9.84 Å².